The highest BCUT2D eigenvalue weighted by molar-refractivity contribution is 9.10. The van der Waals surface area contributed by atoms with Crippen molar-refractivity contribution in [3.8, 4) is 0 Å². The Morgan fingerprint density at radius 1 is 1.33 bits per heavy atom. The van der Waals surface area contributed by atoms with Crippen LogP contribution in [0, 0.1) is 0 Å². The Morgan fingerprint density at radius 2 is 2.14 bits per heavy atom. The number of aryl methyl sites for hydroxylation is 2. The van der Waals surface area contributed by atoms with Crippen LogP contribution in [-0.2, 0) is 13.0 Å². The summed E-state index contributed by atoms with van der Waals surface area (Å²) in [6.07, 6.45) is 5.80. The SMILES string of the molecule is CCCNC(c1ncccc1CC)c1c(Br)cnn1CC. The molecule has 0 bridgehead atoms. The van der Waals surface area contributed by atoms with E-state index in [1.165, 1.54) is 5.56 Å². The third-order valence-corrected chi connectivity index (χ3v) is 4.20. The van der Waals surface area contributed by atoms with Gasteiger partial charge in [-0.3, -0.25) is 9.67 Å². The molecule has 0 saturated heterocycles. The maximum Gasteiger partial charge on any atom is 0.0936 e. The molecule has 4 nitrogen and oxygen atoms in total. The number of rotatable bonds is 7. The van der Waals surface area contributed by atoms with Gasteiger partial charge >= 0.3 is 0 Å². The van der Waals surface area contributed by atoms with Crippen LogP contribution in [0.15, 0.2) is 29.0 Å². The van der Waals surface area contributed by atoms with E-state index in [2.05, 4.69) is 58.2 Å². The van der Waals surface area contributed by atoms with Gasteiger partial charge in [0.2, 0.25) is 0 Å². The third kappa shape index (κ3) is 3.52. The zero-order valence-corrected chi connectivity index (χ0v) is 14.5. The number of hydrogen-bond donors (Lipinski definition) is 1. The monoisotopic (exact) mass is 350 g/mol. The number of pyridine rings is 1. The van der Waals surface area contributed by atoms with Gasteiger partial charge in [0.25, 0.3) is 0 Å². The van der Waals surface area contributed by atoms with Crippen LogP contribution < -0.4 is 5.32 Å². The minimum atomic E-state index is 0.0675. The lowest BCUT2D eigenvalue weighted by atomic mass is 10.0. The van der Waals surface area contributed by atoms with Crippen molar-refractivity contribution in [1.82, 2.24) is 20.1 Å². The molecule has 1 unspecified atom stereocenters. The standard InChI is InChI=1S/C16H23BrN4/c1-4-9-18-15(14-12(5-2)8-7-10-19-14)16-13(17)11-20-21(16)6-3/h7-8,10-11,15,18H,4-6,9H2,1-3H3. The van der Waals surface area contributed by atoms with Crippen molar-refractivity contribution in [3.63, 3.8) is 0 Å². The molecule has 0 spiro atoms. The van der Waals surface area contributed by atoms with Crippen LogP contribution in [0.3, 0.4) is 0 Å². The lowest BCUT2D eigenvalue weighted by Gasteiger charge is -2.22. The summed E-state index contributed by atoms with van der Waals surface area (Å²) in [6.45, 7) is 8.25. The van der Waals surface area contributed by atoms with Crippen LogP contribution in [-0.4, -0.2) is 21.3 Å². The van der Waals surface area contributed by atoms with E-state index in [1.54, 1.807) is 0 Å². The Hall–Kier alpha value is -1.20. The van der Waals surface area contributed by atoms with E-state index in [0.29, 0.717) is 0 Å². The third-order valence-electron chi connectivity index (χ3n) is 3.59. The summed E-state index contributed by atoms with van der Waals surface area (Å²) in [7, 11) is 0. The zero-order chi connectivity index (χ0) is 15.2. The first-order valence-electron chi connectivity index (χ1n) is 7.61. The average molecular weight is 351 g/mol. The summed E-state index contributed by atoms with van der Waals surface area (Å²) < 4.78 is 3.07. The van der Waals surface area contributed by atoms with Gasteiger partial charge < -0.3 is 5.32 Å². The molecule has 0 amide bonds. The molecule has 0 aliphatic heterocycles. The molecule has 0 aliphatic carbocycles. The Labute approximate surface area is 135 Å². The van der Waals surface area contributed by atoms with Crippen molar-refractivity contribution in [3.05, 3.63) is 46.0 Å². The number of aromatic nitrogens is 3. The lowest BCUT2D eigenvalue weighted by molar-refractivity contribution is 0.517. The van der Waals surface area contributed by atoms with E-state index >= 15 is 0 Å². The minimum absolute atomic E-state index is 0.0675. The summed E-state index contributed by atoms with van der Waals surface area (Å²) in [5.74, 6) is 0. The van der Waals surface area contributed by atoms with Gasteiger partial charge in [-0.25, -0.2) is 0 Å². The fourth-order valence-corrected chi connectivity index (χ4v) is 3.06. The summed E-state index contributed by atoms with van der Waals surface area (Å²) in [6, 6.07) is 4.23. The second-order valence-corrected chi connectivity index (χ2v) is 5.84. The van der Waals surface area contributed by atoms with Gasteiger partial charge in [0.15, 0.2) is 0 Å². The molecule has 2 heterocycles. The molecule has 0 aromatic carbocycles. The second kappa shape index (κ2) is 7.71. The zero-order valence-electron chi connectivity index (χ0n) is 12.9. The van der Waals surface area contributed by atoms with Crippen LogP contribution in [0.5, 0.6) is 0 Å². The molecule has 0 aliphatic rings. The van der Waals surface area contributed by atoms with Crippen molar-refractivity contribution < 1.29 is 0 Å². The van der Waals surface area contributed by atoms with E-state index in [1.807, 2.05) is 23.1 Å². The molecule has 114 valence electrons. The van der Waals surface area contributed by atoms with E-state index < -0.39 is 0 Å². The molecule has 1 N–H and O–H groups in total. The van der Waals surface area contributed by atoms with E-state index in [0.717, 1.165) is 41.8 Å². The van der Waals surface area contributed by atoms with E-state index in [-0.39, 0.29) is 6.04 Å². The Kier molecular flexibility index (Phi) is 5.94. The normalized spacial score (nSPS) is 12.6. The highest BCUT2D eigenvalue weighted by Crippen LogP contribution is 2.29. The van der Waals surface area contributed by atoms with Crippen LogP contribution in [0.2, 0.25) is 0 Å². The predicted octanol–water partition coefficient (Wildman–Crippen LogP) is 3.71. The quantitative estimate of drug-likeness (QED) is 0.827. The number of halogens is 1. The molecular weight excluding hydrogens is 328 g/mol. The summed E-state index contributed by atoms with van der Waals surface area (Å²) in [5, 5.41) is 8.07. The maximum atomic E-state index is 4.65. The van der Waals surface area contributed by atoms with Crippen molar-refractivity contribution in [1.29, 1.82) is 0 Å². The largest absolute Gasteiger partial charge is 0.304 e. The maximum absolute atomic E-state index is 4.65. The van der Waals surface area contributed by atoms with E-state index in [4.69, 9.17) is 0 Å². The van der Waals surface area contributed by atoms with Crippen molar-refractivity contribution >= 4 is 15.9 Å². The number of hydrogen-bond acceptors (Lipinski definition) is 3. The molecular formula is C16H23BrN4. The Morgan fingerprint density at radius 3 is 2.81 bits per heavy atom. The van der Waals surface area contributed by atoms with Crippen LogP contribution >= 0.6 is 15.9 Å². The molecule has 5 heteroatoms. The molecule has 2 aromatic heterocycles. The smallest absolute Gasteiger partial charge is 0.0936 e. The summed E-state index contributed by atoms with van der Waals surface area (Å²) in [4.78, 5) is 4.65. The highest BCUT2D eigenvalue weighted by atomic mass is 79.9. The lowest BCUT2D eigenvalue weighted by Crippen LogP contribution is -2.28. The van der Waals surface area contributed by atoms with Crippen molar-refractivity contribution in [2.75, 3.05) is 6.54 Å². The summed E-state index contributed by atoms with van der Waals surface area (Å²) in [5.41, 5.74) is 3.53. The molecule has 2 rings (SSSR count). The van der Waals surface area contributed by atoms with Crippen molar-refractivity contribution in [2.45, 2.75) is 46.2 Å². The Balaban J connectivity index is 2.50. The molecule has 0 saturated carbocycles. The second-order valence-electron chi connectivity index (χ2n) is 4.98. The van der Waals surface area contributed by atoms with Gasteiger partial charge in [0, 0.05) is 12.7 Å². The van der Waals surface area contributed by atoms with Crippen molar-refractivity contribution in [2.24, 2.45) is 0 Å². The van der Waals surface area contributed by atoms with Gasteiger partial charge in [-0.1, -0.05) is 19.9 Å². The minimum Gasteiger partial charge on any atom is -0.304 e. The molecule has 0 radical (unpaired) electrons. The first kappa shape index (κ1) is 16.2. The highest BCUT2D eigenvalue weighted by Gasteiger charge is 2.23. The molecule has 1 atom stereocenters. The fourth-order valence-electron chi connectivity index (χ4n) is 2.53. The van der Waals surface area contributed by atoms with Crippen LogP contribution in [0.4, 0.5) is 0 Å². The van der Waals surface area contributed by atoms with Gasteiger partial charge in [0.05, 0.1) is 28.1 Å². The van der Waals surface area contributed by atoms with E-state index in [9.17, 15) is 0 Å². The predicted molar refractivity (Wildman–Crippen MR) is 89.4 cm³/mol. The first-order chi connectivity index (χ1) is 10.2. The van der Waals surface area contributed by atoms with Gasteiger partial charge in [-0.2, -0.15) is 5.10 Å². The fraction of sp³-hybridized carbons (Fsp3) is 0.500. The molecule has 2 aromatic rings. The van der Waals surface area contributed by atoms with Gasteiger partial charge in [-0.05, 0) is 53.9 Å². The molecule has 21 heavy (non-hydrogen) atoms. The van der Waals surface area contributed by atoms with Gasteiger partial charge in [0.1, 0.15) is 0 Å². The summed E-state index contributed by atoms with van der Waals surface area (Å²) >= 11 is 3.64. The van der Waals surface area contributed by atoms with Gasteiger partial charge in [-0.15, -0.1) is 0 Å². The number of nitrogens with one attached hydrogen (secondary N) is 1. The van der Waals surface area contributed by atoms with Crippen LogP contribution in [0.1, 0.15) is 50.2 Å². The number of nitrogens with zero attached hydrogens (tertiary/aromatic N) is 3. The van der Waals surface area contributed by atoms with Crippen LogP contribution in [0.25, 0.3) is 0 Å². The first-order valence-corrected chi connectivity index (χ1v) is 8.40. The Bertz CT molecular complexity index is 579. The molecule has 0 fully saturated rings. The topological polar surface area (TPSA) is 42.7 Å². The average Bonchev–Trinajstić information content (AvgIpc) is 2.89.